The molecule has 0 fully saturated rings. The molecule has 3 aromatic carbocycles. The zero-order valence-electron chi connectivity index (χ0n) is 15.0. The van der Waals surface area contributed by atoms with Crippen LogP contribution in [0.3, 0.4) is 0 Å². The van der Waals surface area contributed by atoms with Crippen molar-refractivity contribution in [3.05, 3.63) is 90.0 Å². The van der Waals surface area contributed by atoms with Crippen molar-refractivity contribution in [3.63, 3.8) is 0 Å². The minimum absolute atomic E-state index is 0.00457. The van der Waals surface area contributed by atoms with Gasteiger partial charge in [0, 0.05) is 16.5 Å². The van der Waals surface area contributed by atoms with Crippen molar-refractivity contribution in [2.24, 2.45) is 21.5 Å². The monoisotopic (exact) mass is 369 g/mol. The third-order valence-electron chi connectivity index (χ3n) is 4.32. The summed E-state index contributed by atoms with van der Waals surface area (Å²) in [4.78, 5) is 11.9. The molecule has 0 unspecified atom stereocenters. The molecular weight excluding hydrogens is 350 g/mol. The Bertz CT molecular complexity index is 1170. The van der Waals surface area contributed by atoms with E-state index in [1.807, 2.05) is 66.7 Å². The van der Waals surface area contributed by atoms with Crippen molar-refractivity contribution in [1.82, 2.24) is 4.98 Å². The first-order valence-electron chi connectivity index (χ1n) is 8.75. The summed E-state index contributed by atoms with van der Waals surface area (Å²) in [6.07, 6.45) is 0. The number of aromatic amines is 1. The number of fused-ring (bicyclic) bond motifs is 1. The summed E-state index contributed by atoms with van der Waals surface area (Å²) in [6, 6.07) is 24.7. The molecule has 0 spiro atoms. The van der Waals surface area contributed by atoms with Gasteiger partial charge in [-0.2, -0.15) is 0 Å². The first kappa shape index (κ1) is 17.4. The van der Waals surface area contributed by atoms with E-state index in [1.165, 1.54) is 0 Å². The first-order valence-corrected chi connectivity index (χ1v) is 8.75. The average Bonchev–Trinajstić information content (AvgIpc) is 3.03. The van der Waals surface area contributed by atoms with Gasteiger partial charge < -0.3 is 21.6 Å². The highest BCUT2D eigenvalue weighted by atomic mass is 16.3. The summed E-state index contributed by atoms with van der Waals surface area (Å²) in [5, 5.41) is 11.5. The van der Waals surface area contributed by atoms with Gasteiger partial charge in [-0.15, -0.1) is 0 Å². The quantitative estimate of drug-likeness (QED) is 0.323. The van der Waals surface area contributed by atoms with Gasteiger partial charge in [-0.1, -0.05) is 48.5 Å². The van der Waals surface area contributed by atoms with E-state index in [-0.39, 0.29) is 11.8 Å². The van der Waals surface area contributed by atoms with E-state index < -0.39 is 0 Å². The second-order valence-corrected chi connectivity index (χ2v) is 6.27. The van der Waals surface area contributed by atoms with Gasteiger partial charge in [-0.25, -0.2) is 9.98 Å². The molecule has 0 saturated heterocycles. The molecule has 1 aromatic heterocycles. The van der Waals surface area contributed by atoms with E-state index in [4.69, 9.17) is 16.5 Å². The molecule has 138 valence electrons. The number of H-pyrrole nitrogens is 1. The van der Waals surface area contributed by atoms with Crippen molar-refractivity contribution in [3.8, 4) is 5.88 Å². The lowest BCUT2D eigenvalue weighted by Gasteiger charge is -2.08. The second kappa shape index (κ2) is 7.28. The van der Waals surface area contributed by atoms with Crippen molar-refractivity contribution >= 4 is 33.9 Å². The Balaban J connectivity index is 1.88. The molecular formula is C22H19N5O. The highest BCUT2D eigenvalue weighted by Gasteiger charge is 2.18. The van der Waals surface area contributed by atoms with Gasteiger partial charge in [0.1, 0.15) is 0 Å². The first-order chi connectivity index (χ1) is 13.6. The lowest BCUT2D eigenvalue weighted by Crippen LogP contribution is -2.21. The Hall–Kier alpha value is -4.06. The molecule has 0 atom stereocenters. The molecule has 0 aliphatic rings. The normalized spacial score (nSPS) is 11.5. The van der Waals surface area contributed by atoms with Crippen molar-refractivity contribution in [2.45, 2.75) is 0 Å². The Morgan fingerprint density at radius 3 is 2.04 bits per heavy atom. The van der Waals surface area contributed by atoms with Gasteiger partial charge in [0.15, 0.2) is 11.8 Å². The number of nitrogens with one attached hydrogen (secondary N) is 1. The van der Waals surface area contributed by atoms with Crippen LogP contribution in [0.4, 0.5) is 11.4 Å². The summed E-state index contributed by atoms with van der Waals surface area (Å²) >= 11 is 0. The molecule has 4 rings (SSSR count). The van der Waals surface area contributed by atoms with Gasteiger partial charge in [0.2, 0.25) is 0 Å². The number of guanidine groups is 1. The molecule has 0 aliphatic carbocycles. The van der Waals surface area contributed by atoms with Gasteiger partial charge in [-0.3, -0.25) is 0 Å². The van der Waals surface area contributed by atoms with Crippen LogP contribution in [0.5, 0.6) is 5.88 Å². The molecule has 1 heterocycles. The van der Waals surface area contributed by atoms with Crippen LogP contribution in [-0.4, -0.2) is 21.8 Å². The number of aromatic hydroxyl groups is 1. The summed E-state index contributed by atoms with van der Waals surface area (Å²) in [7, 11) is 0. The van der Waals surface area contributed by atoms with Crippen LogP contribution in [0.1, 0.15) is 11.1 Å². The Labute approximate surface area is 161 Å². The summed E-state index contributed by atoms with van der Waals surface area (Å²) in [5.74, 6) is 0.0888. The van der Waals surface area contributed by atoms with Gasteiger partial charge in [-0.05, 0) is 30.3 Å². The van der Waals surface area contributed by atoms with Gasteiger partial charge in [0.25, 0.3) is 0 Å². The predicted molar refractivity (Wildman–Crippen MR) is 114 cm³/mol. The Kier molecular flexibility index (Phi) is 4.51. The second-order valence-electron chi connectivity index (χ2n) is 6.27. The van der Waals surface area contributed by atoms with Crippen LogP contribution in [0, 0.1) is 0 Å². The van der Waals surface area contributed by atoms with Crippen LogP contribution in [0.2, 0.25) is 0 Å². The highest BCUT2D eigenvalue weighted by Crippen LogP contribution is 2.31. The van der Waals surface area contributed by atoms with Gasteiger partial charge in [0.05, 0.1) is 22.6 Å². The van der Waals surface area contributed by atoms with E-state index in [2.05, 4.69) is 9.98 Å². The molecule has 28 heavy (non-hydrogen) atoms. The Morgan fingerprint density at radius 2 is 1.36 bits per heavy atom. The van der Waals surface area contributed by atoms with Crippen LogP contribution >= 0.6 is 0 Å². The van der Waals surface area contributed by atoms with E-state index in [9.17, 15) is 5.11 Å². The molecule has 6 nitrogen and oxygen atoms in total. The zero-order chi connectivity index (χ0) is 19.5. The molecule has 4 aromatic rings. The highest BCUT2D eigenvalue weighted by molar-refractivity contribution is 6.21. The van der Waals surface area contributed by atoms with Gasteiger partial charge >= 0.3 is 0 Å². The number of hydrogen-bond donors (Lipinski definition) is 4. The SMILES string of the molecule is NC(N)=Nc1ccc(N=C(c2ccccc2)c2c(O)[nH]c3ccccc23)cc1. The third kappa shape index (κ3) is 3.43. The fourth-order valence-corrected chi connectivity index (χ4v) is 3.11. The fourth-order valence-electron chi connectivity index (χ4n) is 3.11. The number of para-hydroxylation sites is 1. The molecule has 6 N–H and O–H groups in total. The molecule has 0 radical (unpaired) electrons. The largest absolute Gasteiger partial charge is 0.494 e. The van der Waals surface area contributed by atoms with Crippen LogP contribution in [0.25, 0.3) is 10.9 Å². The third-order valence-corrected chi connectivity index (χ3v) is 4.32. The van der Waals surface area contributed by atoms with Crippen LogP contribution in [0.15, 0.2) is 88.8 Å². The topological polar surface area (TPSA) is 113 Å². The standard InChI is InChI=1S/C22H19N5O/c23-22(24)26-16-12-10-15(11-13-16)25-20(14-6-2-1-3-7-14)19-17-8-4-5-9-18(17)27-21(19)28/h1-13,27-28H,(H4,23,24,26). The summed E-state index contributed by atoms with van der Waals surface area (Å²) in [6.45, 7) is 0. The molecule has 6 heteroatoms. The number of aromatic nitrogens is 1. The predicted octanol–water partition coefficient (Wildman–Crippen LogP) is 3.95. The number of aliphatic imine (C=N–C) groups is 2. The maximum atomic E-state index is 10.6. The summed E-state index contributed by atoms with van der Waals surface area (Å²) < 4.78 is 0. The van der Waals surface area contributed by atoms with Crippen molar-refractivity contribution in [2.75, 3.05) is 0 Å². The summed E-state index contributed by atoms with van der Waals surface area (Å²) in [5.41, 5.74) is 15.3. The number of nitrogens with two attached hydrogens (primary N) is 2. The van der Waals surface area contributed by atoms with E-state index in [0.29, 0.717) is 17.0 Å². The van der Waals surface area contributed by atoms with Crippen molar-refractivity contribution in [1.29, 1.82) is 0 Å². The minimum Gasteiger partial charge on any atom is -0.494 e. The minimum atomic E-state index is 0.00457. The maximum absolute atomic E-state index is 10.6. The number of hydrogen-bond acceptors (Lipinski definition) is 3. The average molecular weight is 369 g/mol. The fraction of sp³-hybridized carbons (Fsp3) is 0. The van der Waals surface area contributed by atoms with E-state index in [1.54, 1.807) is 12.1 Å². The lowest BCUT2D eigenvalue weighted by molar-refractivity contribution is 0.457. The molecule has 0 saturated carbocycles. The maximum Gasteiger partial charge on any atom is 0.199 e. The number of nitrogens with zero attached hydrogens (tertiary/aromatic N) is 2. The lowest BCUT2D eigenvalue weighted by atomic mass is 10.0. The zero-order valence-corrected chi connectivity index (χ0v) is 15.0. The Morgan fingerprint density at radius 1 is 0.750 bits per heavy atom. The number of benzene rings is 3. The van der Waals surface area contributed by atoms with Crippen LogP contribution < -0.4 is 11.5 Å². The molecule has 0 amide bonds. The van der Waals surface area contributed by atoms with Crippen LogP contribution in [-0.2, 0) is 0 Å². The smallest absolute Gasteiger partial charge is 0.199 e. The number of rotatable bonds is 4. The molecule has 0 aliphatic heterocycles. The molecule has 0 bridgehead atoms. The van der Waals surface area contributed by atoms with E-state index >= 15 is 0 Å². The van der Waals surface area contributed by atoms with Crippen molar-refractivity contribution < 1.29 is 5.11 Å². The van der Waals surface area contributed by atoms with E-state index in [0.717, 1.165) is 22.2 Å².